The molecule has 0 aromatic heterocycles. The second-order valence-corrected chi connectivity index (χ2v) is 1.08. The van der Waals surface area contributed by atoms with Crippen molar-refractivity contribution in [2.24, 2.45) is 0 Å². The van der Waals surface area contributed by atoms with Crippen LogP contribution in [0, 0.1) is 0 Å². The predicted octanol–water partition coefficient (Wildman–Crippen LogP) is 0.779. The Hall–Kier alpha value is -0.0400. The predicted molar refractivity (Wildman–Crippen MR) is 22.0 cm³/mol. The van der Waals surface area contributed by atoms with Crippen molar-refractivity contribution in [2.75, 3.05) is 6.61 Å². The first kappa shape index (κ1) is 4.96. The van der Waals surface area contributed by atoms with Gasteiger partial charge in [-0.15, -0.1) is 0 Å². The lowest BCUT2D eigenvalue weighted by molar-refractivity contribution is 0.287. The lowest BCUT2D eigenvalue weighted by Crippen LogP contribution is -1.75. The van der Waals surface area contributed by atoms with Crippen LogP contribution in [0.2, 0.25) is 0 Å². The lowest BCUT2D eigenvalue weighted by atomic mass is 10.4. The van der Waals surface area contributed by atoms with E-state index in [2.05, 4.69) is 6.92 Å². The maximum atomic E-state index is 8.07. The molecule has 0 radical (unpaired) electrons. The van der Waals surface area contributed by atoms with Gasteiger partial charge in [0.15, 0.2) is 0 Å². The summed E-state index contributed by atoms with van der Waals surface area (Å²) in [7, 11) is 0. The van der Waals surface area contributed by atoms with Gasteiger partial charge in [-0.25, -0.2) is 0 Å². The largest absolute Gasteiger partial charge is 0.396 e. The highest BCUT2D eigenvalue weighted by atomic mass is 15.3. The summed E-state index contributed by atoms with van der Waals surface area (Å²) in [6.45, 7) is 2.40. The fourth-order valence-corrected chi connectivity index (χ4v) is 0.158. The third-order valence-electron chi connectivity index (χ3n) is 0.512. The summed E-state index contributed by atoms with van der Waals surface area (Å²) in [6, 6.07) is 0. The smallest absolute Gasteiger partial charge is 0.0430 e. The van der Waals surface area contributed by atoms with E-state index >= 15 is 0 Å². The number of aliphatic hydroxyl groups is 1. The van der Waals surface area contributed by atoms with Crippen LogP contribution in [0.4, 0.5) is 0 Å². The third-order valence-corrected chi connectivity index (χ3v) is 0.512. The van der Waals surface area contributed by atoms with E-state index in [0.29, 0.717) is 6.61 Å². The van der Waals surface area contributed by atoms with E-state index in [9.17, 15) is 0 Å². The Balaban J connectivity index is 2.19. The molecule has 0 amide bonds. The Morgan fingerprint density at radius 3 is 2.20 bits per heavy atom. The average molecular weight is 73.1 g/mol. The van der Waals surface area contributed by atoms with Crippen LogP contribution in [0.3, 0.4) is 0 Å². The molecule has 0 aromatic rings. The molecule has 0 aliphatic carbocycles. The quantitative estimate of drug-likeness (QED) is 0.512. The van der Waals surface area contributed by atoms with Gasteiger partial charge in [-0.1, -0.05) is 13.3 Å². The van der Waals surface area contributed by atoms with Gasteiger partial charge in [0.2, 0.25) is 0 Å². The molecule has 0 aromatic carbocycles. The van der Waals surface area contributed by atoms with Crippen molar-refractivity contribution in [2.45, 2.75) is 19.8 Å². The van der Waals surface area contributed by atoms with Crippen molar-refractivity contribution < 1.29 is 5.11 Å². The summed E-state index contributed by atoms with van der Waals surface area (Å²) >= 11 is 0. The number of hydrogen-bond acceptors (Lipinski definition) is 1. The van der Waals surface area contributed by atoms with Gasteiger partial charge in [-0.05, 0) is 6.42 Å². The molecule has 0 bridgehead atoms. The molecule has 0 aliphatic heterocycles. The molecular weight excluding hydrogens is 63.0 g/mol. The van der Waals surface area contributed by atoms with Crippen molar-refractivity contribution in [3.05, 3.63) is 0 Å². The molecule has 0 atom stereocenters. The molecule has 0 saturated carbocycles. The van der Waals surface area contributed by atoms with Crippen LogP contribution in [0.5, 0.6) is 0 Å². The molecule has 1 heteroatoms. The molecule has 0 unspecified atom stereocenters. The van der Waals surface area contributed by atoms with Gasteiger partial charge in [0.1, 0.15) is 0 Å². The Kier molecular flexibility index (Phi) is 3.93. The minimum absolute atomic E-state index is 0.344. The Morgan fingerprint density at radius 2 is 2.20 bits per heavy atom. The van der Waals surface area contributed by atoms with Crippen molar-refractivity contribution in [3.63, 3.8) is 0 Å². The second-order valence-electron chi connectivity index (χ2n) is 1.08. The monoisotopic (exact) mass is 73.1 g/mol. The molecule has 0 aliphatic rings. The van der Waals surface area contributed by atoms with E-state index in [1.165, 1.54) is 0 Å². The van der Waals surface area contributed by atoms with E-state index in [1.54, 1.807) is 0 Å². The summed E-state index contributed by atoms with van der Waals surface area (Å²) in [6.07, 6.45) is 2.04. The Morgan fingerprint density at radius 1 is 1.60 bits per heavy atom. The molecule has 0 rings (SSSR count). The van der Waals surface area contributed by atoms with E-state index in [4.69, 9.17) is 5.11 Å². The summed E-state index contributed by atoms with van der Waals surface area (Å²) in [5, 5.41) is 8.07. The summed E-state index contributed by atoms with van der Waals surface area (Å²) in [4.78, 5) is 0. The lowest BCUT2D eigenvalue weighted by Gasteiger charge is -1.79. The van der Waals surface area contributed by atoms with Gasteiger partial charge in [-0.2, -0.15) is 0 Å². The van der Waals surface area contributed by atoms with Crippen LogP contribution < -0.4 is 0 Å². The van der Waals surface area contributed by atoms with Crippen LogP contribution >= 0.6 is 0 Å². The zero-order valence-electron chi connectivity index (χ0n) is 3.57. The van der Waals surface area contributed by atoms with Crippen molar-refractivity contribution >= 4 is 0 Å². The highest BCUT2D eigenvalue weighted by Gasteiger charge is 1.69. The van der Waals surface area contributed by atoms with E-state index in [-0.39, 0.29) is 0 Å². The Bertz CT molecular complexity index is 11.1. The molecule has 0 heterocycles. The van der Waals surface area contributed by atoms with Crippen LogP contribution in [0.15, 0.2) is 0 Å². The van der Waals surface area contributed by atoms with Gasteiger partial charge in [0.05, 0.1) is 0 Å². The minimum atomic E-state index is 0.344. The number of unbranched alkanes of at least 4 members (excludes halogenated alkanes) is 1. The first-order valence-corrected chi connectivity index (χ1v) is 2.02. The molecule has 1 nitrogen and oxygen atoms in total. The van der Waals surface area contributed by atoms with E-state index in [1.807, 2.05) is 0 Å². The second kappa shape index (κ2) is 3.96. The summed E-state index contributed by atoms with van der Waals surface area (Å²) in [5.41, 5.74) is 0. The molecule has 0 saturated heterocycles. The van der Waals surface area contributed by atoms with Crippen LogP contribution in [0.25, 0.3) is 0 Å². The summed E-state index contributed by atoms with van der Waals surface area (Å²) in [5.74, 6) is 0. The first-order chi connectivity index (χ1) is 2.41. The standard InChI is InChI=1S/C4H10O/c1-2-3-4-5/h5H,2-4H2,1H3/i5-1. The van der Waals surface area contributed by atoms with E-state index < -0.39 is 0 Å². The maximum Gasteiger partial charge on any atom is 0.0430 e. The molecular formula is C4H10O. The zero-order valence-corrected chi connectivity index (χ0v) is 3.57. The normalized spacial score (nSPS) is 8.40. The first-order valence-electron chi connectivity index (χ1n) is 2.02. The van der Waals surface area contributed by atoms with Gasteiger partial charge < -0.3 is 5.11 Å². The zero-order chi connectivity index (χ0) is 4.12. The molecule has 1 N–H and O–H groups in total. The van der Waals surface area contributed by atoms with Crippen molar-refractivity contribution in [3.8, 4) is 0 Å². The fourth-order valence-electron chi connectivity index (χ4n) is 0.158. The minimum Gasteiger partial charge on any atom is -0.396 e. The SMILES string of the molecule is CCCC[15OH]. The molecule has 0 spiro atoms. The fraction of sp³-hybridized carbons (Fsp3) is 1.00. The summed E-state index contributed by atoms with van der Waals surface area (Å²) < 4.78 is 0. The topological polar surface area (TPSA) is 20.2 Å². The highest BCUT2D eigenvalue weighted by Crippen LogP contribution is 1.78. The van der Waals surface area contributed by atoms with Gasteiger partial charge >= 0.3 is 0 Å². The van der Waals surface area contributed by atoms with Crippen LogP contribution in [-0.4, -0.2) is 11.7 Å². The van der Waals surface area contributed by atoms with Crippen molar-refractivity contribution in [1.82, 2.24) is 0 Å². The number of rotatable bonds is 2. The average Bonchev–Trinajstić information content (AvgIpc) is 1.41. The number of aliphatic hydroxyl groups excluding tert-OH is 1. The van der Waals surface area contributed by atoms with E-state index in [0.717, 1.165) is 12.8 Å². The molecule has 5 heavy (non-hydrogen) atoms. The van der Waals surface area contributed by atoms with Crippen LogP contribution in [-0.2, 0) is 0 Å². The van der Waals surface area contributed by atoms with Gasteiger partial charge in [0.25, 0.3) is 0 Å². The van der Waals surface area contributed by atoms with Crippen molar-refractivity contribution in [1.29, 1.82) is 0 Å². The highest BCUT2D eigenvalue weighted by molar-refractivity contribution is 4.23. The maximum absolute atomic E-state index is 8.07. The van der Waals surface area contributed by atoms with Crippen LogP contribution in [0.1, 0.15) is 19.8 Å². The molecule has 32 valence electrons. The van der Waals surface area contributed by atoms with Gasteiger partial charge in [0, 0.05) is 6.61 Å². The van der Waals surface area contributed by atoms with Gasteiger partial charge in [-0.3, -0.25) is 0 Å². The number of hydrogen-bond donors (Lipinski definition) is 1. The Labute approximate surface area is 32.6 Å². The third kappa shape index (κ3) is 3.96. The molecule has 0 fully saturated rings.